The molecule has 3 aromatic rings. The van der Waals surface area contributed by atoms with Crippen LogP contribution in [-0.4, -0.2) is 44.7 Å². The third-order valence-corrected chi connectivity index (χ3v) is 4.84. The summed E-state index contributed by atoms with van der Waals surface area (Å²) in [6.07, 6.45) is 5.24. The standard InChI is InChI=1S/C20H23N5/c1-2-7-16(8-3-1)19-22-20(24-23-19)17-9-6-13-25(15-17)14-11-18-10-4-5-12-21-18/h1-5,7-8,10,12,17H,6,9,11,13-15H2,(H,22,23,24)/t17-/m0/s1. The molecule has 4 rings (SSSR count). The van der Waals surface area contributed by atoms with Crippen LogP contribution in [-0.2, 0) is 6.42 Å². The molecule has 5 nitrogen and oxygen atoms in total. The van der Waals surface area contributed by atoms with Gasteiger partial charge in [-0.2, -0.15) is 5.10 Å². The molecule has 1 aliphatic heterocycles. The Kier molecular flexibility index (Phi) is 4.84. The van der Waals surface area contributed by atoms with E-state index < -0.39 is 0 Å². The molecule has 0 bridgehead atoms. The van der Waals surface area contributed by atoms with Gasteiger partial charge in [-0.25, -0.2) is 4.98 Å². The molecule has 1 aliphatic rings. The number of hydrogen-bond donors (Lipinski definition) is 1. The highest BCUT2D eigenvalue weighted by molar-refractivity contribution is 5.53. The maximum Gasteiger partial charge on any atom is 0.181 e. The van der Waals surface area contributed by atoms with Gasteiger partial charge < -0.3 is 4.90 Å². The second kappa shape index (κ2) is 7.57. The maximum absolute atomic E-state index is 4.75. The molecular formula is C20H23N5. The van der Waals surface area contributed by atoms with Crippen molar-refractivity contribution in [2.75, 3.05) is 19.6 Å². The molecule has 0 spiro atoms. The van der Waals surface area contributed by atoms with Crippen LogP contribution in [0.25, 0.3) is 11.4 Å². The van der Waals surface area contributed by atoms with Crippen LogP contribution in [0.4, 0.5) is 0 Å². The average Bonchev–Trinajstić information content (AvgIpc) is 3.18. The highest BCUT2D eigenvalue weighted by Gasteiger charge is 2.24. The largest absolute Gasteiger partial charge is 0.302 e. The van der Waals surface area contributed by atoms with Gasteiger partial charge >= 0.3 is 0 Å². The van der Waals surface area contributed by atoms with E-state index in [-0.39, 0.29) is 0 Å². The number of likely N-dealkylation sites (tertiary alicyclic amines) is 1. The Morgan fingerprint density at radius 3 is 2.80 bits per heavy atom. The maximum atomic E-state index is 4.75. The van der Waals surface area contributed by atoms with Gasteiger partial charge in [0.25, 0.3) is 0 Å². The van der Waals surface area contributed by atoms with Gasteiger partial charge in [-0.15, -0.1) is 0 Å². The van der Waals surface area contributed by atoms with Crippen molar-refractivity contribution in [2.24, 2.45) is 0 Å². The summed E-state index contributed by atoms with van der Waals surface area (Å²) < 4.78 is 0. The van der Waals surface area contributed by atoms with Gasteiger partial charge in [0.05, 0.1) is 0 Å². The van der Waals surface area contributed by atoms with E-state index in [4.69, 9.17) is 4.98 Å². The Labute approximate surface area is 148 Å². The molecule has 0 amide bonds. The van der Waals surface area contributed by atoms with Crippen LogP contribution in [0.2, 0.25) is 0 Å². The highest BCUT2D eigenvalue weighted by Crippen LogP contribution is 2.26. The quantitative estimate of drug-likeness (QED) is 0.778. The van der Waals surface area contributed by atoms with Crippen LogP contribution < -0.4 is 0 Å². The topological polar surface area (TPSA) is 57.7 Å². The van der Waals surface area contributed by atoms with Gasteiger partial charge in [0.2, 0.25) is 0 Å². The van der Waals surface area contributed by atoms with Crippen molar-refractivity contribution < 1.29 is 0 Å². The molecule has 2 aromatic heterocycles. The van der Waals surface area contributed by atoms with E-state index in [2.05, 4.69) is 32.2 Å². The van der Waals surface area contributed by atoms with Crippen molar-refractivity contribution in [3.8, 4) is 11.4 Å². The minimum absolute atomic E-state index is 0.433. The highest BCUT2D eigenvalue weighted by atomic mass is 15.2. The van der Waals surface area contributed by atoms with Crippen molar-refractivity contribution in [3.05, 3.63) is 66.2 Å². The summed E-state index contributed by atoms with van der Waals surface area (Å²) in [6, 6.07) is 16.3. The molecule has 1 saturated heterocycles. The summed E-state index contributed by atoms with van der Waals surface area (Å²) in [5, 5.41) is 7.58. The normalized spacial score (nSPS) is 18.3. The number of hydrogen-bond acceptors (Lipinski definition) is 4. The number of piperidine rings is 1. The molecule has 0 saturated carbocycles. The zero-order chi connectivity index (χ0) is 16.9. The minimum atomic E-state index is 0.433. The van der Waals surface area contributed by atoms with Crippen LogP contribution in [0, 0.1) is 0 Å². The molecular weight excluding hydrogens is 310 g/mol. The predicted molar refractivity (Wildman–Crippen MR) is 98.2 cm³/mol. The summed E-state index contributed by atoms with van der Waals surface area (Å²) in [7, 11) is 0. The average molecular weight is 333 g/mol. The monoisotopic (exact) mass is 333 g/mol. The number of aromatic amines is 1. The SMILES string of the molecule is c1ccc(-c2n[nH]c([C@H]3CCCN(CCc4ccccn4)C3)n2)cc1. The number of aromatic nitrogens is 4. The lowest BCUT2D eigenvalue weighted by Crippen LogP contribution is -2.36. The fraction of sp³-hybridized carbons (Fsp3) is 0.350. The Balaban J connectivity index is 1.39. The van der Waals surface area contributed by atoms with Gasteiger partial charge in [0, 0.05) is 42.9 Å². The first-order valence-corrected chi connectivity index (χ1v) is 8.98. The molecule has 3 heterocycles. The van der Waals surface area contributed by atoms with Crippen molar-refractivity contribution in [1.29, 1.82) is 0 Å². The Morgan fingerprint density at radius 1 is 1.08 bits per heavy atom. The molecule has 0 radical (unpaired) electrons. The van der Waals surface area contributed by atoms with Crippen molar-refractivity contribution in [2.45, 2.75) is 25.2 Å². The molecule has 25 heavy (non-hydrogen) atoms. The summed E-state index contributed by atoms with van der Waals surface area (Å²) in [5.41, 5.74) is 2.23. The summed E-state index contributed by atoms with van der Waals surface area (Å²) in [4.78, 5) is 11.7. The predicted octanol–water partition coefficient (Wildman–Crippen LogP) is 3.29. The molecule has 1 N–H and O–H groups in total. The minimum Gasteiger partial charge on any atom is -0.302 e. The third-order valence-electron chi connectivity index (χ3n) is 4.84. The van der Waals surface area contributed by atoms with E-state index in [0.717, 1.165) is 49.0 Å². The first kappa shape index (κ1) is 16.0. The molecule has 0 unspecified atom stereocenters. The second-order valence-corrected chi connectivity index (χ2v) is 6.62. The molecule has 1 aromatic carbocycles. The van der Waals surface area contributed by atoms with Crippen molar-refractivity contribution in [3.63, 3.8) is 0 Å². The van der Waals surface area contributed by atoms with E-state index >= 15 is 0 Å². The van der Waals surface area contributed by atoms with Crippen LogP contribution in [0.3, 0.4) is 0 Å². The fourth-order valence-electron chi connectivity index (χ4n) is 3.47. The first-order chi connectivity index (χ1) is 12.4. The second-order valence-electron chi connectivity index (χ2n) is 6.62. The molecule has 5 heteroatoms. The number of benzene rings is 1. The lowest BCUT2D eigenvalue weighted by molar-refractivity contribution is 0.206. The van der Waals surface area contributed by atoms with Crippen LogP contribution in [0.5, 0.6) is 0 Å². The van der Waals surface area contributed by atoms with E-state index in [1.54, 1.807) is 0 Å². The molecule has 128 valence electrons. The number of nitrogens with zero attached hydrogens (tertiary/aromatic N) is 4. The van der Waals surface area contributed by atoms with E-state index in [1.165, 1.54) is 12.8 Å². The third kappa shape index (κ3) is 3.94. The fourth-order valence-corrected chi connectivity index (χ4v) is 3.47. The first-order valence-electron chi connectivity index (χ1n) is 8.98. The van der Waals surface area contributed by atoms with Crippen LogP contribution in [0.1, 0.15) is 30.3 Å². The summed E-state index contributed by atoms with van der Waals surface area (Å²) in [6.45, 7) is 3.24. The number of pyridine rings is 1. The van der Waals surface area contributed by atoms with Gasteiger partial charge in [-0.1, -0.05) is 36.4 Å². The molecule has 0 aliphatic carbocycles. The number of rotatable bonds is 5. The Morgan fingerprint density at radius 2 is 1.96 bits per heavy atom. The zero-order valence-electron chi connectivity index (χ0n) is 14.3. The number of nitrogens with one attached hydrogen (secondary N) is 1. The van der Waals surface area contributed by atoms with E-state index in [1.807, 2.05) is 42.6 Å². The molecule has 1 atom stereocenters. The van der Waals surface area contributed by atoms with Gasteiger partial charge in [0.15, 0.2) is 5.82 Å². The number of H-pyrrole nitrogens is 1. The Hall–Kier alpha value is -2.53. The van der Waals surface area contributed by atoms with Crippen LogP contribution >= 0.6 is 0 Å². The van der Waals surface area contributed by atoms with E-state index in [0.29, 0.717) is 5.92 Å². The Bertz CT molecular complexity index is 784. The smallest absolute Gasteiger partial charge is 0.181 e. The summed E-state index contributed by atoms with van der Waals surface area (Å²) >= 11 is 0. The lowest BCUT2D eigenvalue weighted by atomic mass is 9.97. The van der Waals surface area contributed by atoms with Gasteiger partial charge in [0.1, 0.15) is 5.82 Å². The van der Waals surface area contributed by atoms with Gasteiger partial charge in [-0.3, -0.25) is 10.1 Å². The van der Waals surface area contributed by atoms with Crippen molar-refractivity contribution >= 4 is 0 Å². The van der Waals surface area contributed by atoms with Crippen molar-refractivity contribution in [1.82, 2.24) is 25.1 Å². The van der Waals surface area contributed by atoms with Gasteiger partial charge in [-0.05, 0) is 31.5 Å². The zero-order valence-corrected chi connectivity index (χ0v) is 14.3. The lowest BCUT2D eigenvalue weighted by Gasteiger charge is -2.31. The summed E-state index contributed by atoms with van der Waals surface area (Å²) in [5.74, 6) is 2.24. The molecule has 1 fully saturated rings. The van der Waals surface area contributed by atoms with E-state index in [9.17, 15) is 0 Å². The van der Waals surface area contributed by atoms with Crippen LogP contribution in [0.15, 0.2) is 54.7 Å².